The van der Waals surface area contributed by atoms with E-state index < -0.39 is 0 Å². The first-order chi connectivity index (χ1) is 10.8. The SMILES string of the molecule is NC[C@H]1CCC[C@H]1C(=O)Nc1cnn(Cc2ccccc2)c1. The Hall–Kier alpha value is -2.14. The van der Waals surface area contributed by atoms with E-state index in [4.69, 9.17) is 5.73 Å². The lowest BCUT2D eigenvalue weighted by Gasteiger charge is -2.16. The van der Waals surface area contributed by atoms with Crippen molar-refractivity contribution in [1.29, 1.82) is 0 Å². The van der Waals surface area contributed by atoms with Gasteiger partial charge >= 0.3 is 0 Å². The lowest BCUT2D eigenvalue weighted by atomic mass is 9.95. The molecule has 1 aromatic carbocycles. The predicted molar refractivity (Wildman–Crippen MR) is 86.3 cm³/mol. The zero-order valence-corrected chi connectivity index (χ0v) is 12.6. The summed E-state index contributed by atoms with van der Waals surface area (Å²) < 4.78 is 1.83. The number of hydrogen-bond acceptors (Lipinski definition) is 3. The highest BCUT2D eigenvalue weighted by Crippen LogP contribution is 2.31. The number of benzene rings is 1. The molecule has 0 spiro atoms. The van der Waals surface area contributed by atoms with E-state index in [9.17, 15) is 4.79 Å². The molecule has 0 bridgehead atoms. The van der Waals surface area contributed by atoms with Gasteiger partial charge in [-0.05, 0) is 30.9 Å². The highest BCUT2D eigenvalue weighted by molar-refractivity contribution is 5.92. The van der Waals surface area contributed by atoms with Crippen molar-refractivity contribution in [2.24, 2.45) is 17.6 Å². The van der Waals surface area contributed by atoms with Crippen LogP contribution in [0.15, 0.2) is 42.7 Å². The van der Waals surface area contributed by atoms with Crippen molar-refractivity contribution in [3.63, 3.8) is 0 Å². The van der Waals surface area contributed by atoms with Crippen LogP contribution in [0.2, 0.25) is 0 Å². The summed E-state index contributed by atoms with van der Waals surface area (Å²) in [6.07, 6.45) is 6.66. The molecule has 0 unspecified atom stereocenters. The average Bonchev–Trinajstić information content (AvgIpc) is 3.17. The van der Waals surface area contributed by atoms with Crippen LogP contribution >= 0.6 is 0 Å². The van der Waals surface area contributed by atoms with E-state index in [0.29, 0.717) is 19.0 Å². The second-order valence-electron chi connectivity index (χ2n) is 5.93. The fourth-order valence-corrected chi connectivity index (χ4v) is 3.18. The van der Waals surface area contributed by atoms with Crippen LogP contribution in [0.5, 0.6) is 0 Å². The van der Waals surface area contributed by atoms with Crippen molar-refractivity contribution in [3.8, 4) is 0 Å². The third-order valence-electron chi connectivity index (χ3n) is 4.39. The van der Waals surface area contributed by atoms with Gasteiger partial charge in [0.15, 0.2) is 0 Å². The van der Waals surface area contributed by atoms with Crippen molar-refractivity contribution in [3.05, 3.63) is 48.3 Å². The normalized spacial score (nSPS) is 21.0. The molecule has 2 aromatic rings. The van der Waals surface area contributed by atoms with Gasteiger partial charge < -0.3 is 11.1 Å². The Kier molecular flexibility index (Phi) is 4.53. The molecular formula is C17H22N4O. The largest absolute Gasteiger partial charge is 0.330 e. The second-order valence-corrected chi connectivity index (χ2v) is 5.93. The summed E-state index contributed by atoms with van der Waals surface area (Å²) in [6, 6.07) is 10.1. The molecule has 1 aromatic heterocycles. The third kappa shape index (κ3) is 3.36. The van der Waals surface area contributed by atoms with E-state index in [-0.39, 0.29) is 11.8 Å². The van der Waals surface area contributed by atoms with Crippen LogP contribution in [-0.4, -0.2) is 22.2 Å². The third-order valence-corrected chi connectivity index (χ3v) is 4.39. The van der Waals surface area contributed by atoms with Gasteiger partial charge in [0, 0.05) is 12.1 Å². The summed E-state index contributed by atoms with van der Waals surface area (Å²) in [5, 5.41) is 7.28. The molecule has 0 aliphatic heterocycles. The molecule has 1 fully saturated rings. The van der Waals surface area contributed by atoms with Gasteiger partial charge in [0.25, 0.3) is 0 Å². The Morgan fingerprint density at radius 2 is 2.14 bits per heavy atom. The number of aromatic nitrogens is 2. The molecule has 1 aliphatic carbocycles. The van der Waals surface area contributed by atoms with E-state index in [0.717, 1.165) is 24.9 Å². The Morgan fingerprint density at radius 1 is 1.32 bits per heavy atom. The van der Waals surface area contributed by atoms with Gasteiger partial charge in [0.1, 0.15) is 0 Å². The minimum Gasteiger partial charge on any atom is -0.330 e. The maximum Gasteiger partial charge on any atom is 0.227 e. The van der Waals surface area contributed by atoms with Crippen molar-refractivity contribution in [2.75, 3.05) is 11.9 Å². The zero-order chi connectivity index (χ0) is 15.4. The van der Waals surface area contributed by atoms with Crippen LogP contribution in [0.25, 0.3) is 0 Å². The number of amides is 1. The lowest BCUT2D eigenvalue weighted by molar-refractivity contribution is -0.120. The van der Waals surface area contributed by atoms with E-state index >= 15 is 0 Å². The highest BCUT2D eigenvalue weighted by Gasteiger charge is 2.31. The molecule has 22 heavy (non-hydrogen) atoms. The lowest BCUT2D eigenvalue weighted by Crippen LogP contribution is -2.29. The monoisotopic (exact) mass is 298 g/mol. The molecule has 116 valence electrons. The van der Waals surface area contributed by atoms with Crippen LogP contribution in [0, 0.1) is 11.8 Å². The van der Waals surface area contributed by atoms with Crippen LogP contribution in [0.4, 0.5) is 5.69 Å². The van der Waals surface area contributed by atoms with Gasteiger partial charge in [-0.3, -0.25) is 9.48 Å². The minimum absolute atomic E-state index is 0.0440. The Balaban J connectivity index is 1.61. The minimum atomic E-state index is 0.0440. The van der Waals surface area contributed by atoms with Crippen molar-refractivity contribution in [2.45, 2.75) is 25.8 Å². The molecule has 3 N–H and O–H groups in total. The maximum atomic E-state index is 12.3. The molecule has 5 nitrogen and oxygen atoms in total. The molecule has 1 aliphatic rings. The summed E-state index contributed by atoms with van der Waals surface area (Å²) in [5.41, 5.74) is 7.69. The van der Waals surface area contributed by atoms with Crippen LogP contribution in [0.1, 0.15) is 24.8 Å². The summed E-state index contributed by atoms with van der Waals surface area (Å²) in [5.74, 6) is 0.439. The van der Waals surface area contributed by atoms with Gasteiger partial charge in [-0.25, -0.2) is 0 Å². The summed E-state index contributed by atoms with van der Waals surface area (Å²) >= 11 is 0. The van der Waals surface area contributed by atoms with Gasteiger partial charge in [-0.2, -0.15) is 5.10 Å². The van der Waals surface area contributed by atoms with Crippen LogP contribution in [0.3, 0.4) is 0 Å². The predicted octanol–water partition coefficient (Wildman–Crippen LogP) is 2.24. The Bertz CT molecular complexity index is 623. The number of anilines is 1. The highest BCUT2D eigenvalue weighted by atomic mass is 16.1. The first-order valence-corrected chi connectivity index (χ1v) is 7.83. The van der Waals surface area contributed by atoms with E-state index in [1.165, 1.54) is 5.56 Å². The standard InChI is InChI=1S/C17H22N4O/c18-9-14-7-4-8-16(14)17(22)20-15-10-19-21(12-15)11-13-5-2-1-3-6-13/h1-3,5-6,10,12,14,16H,4,7-9,11,18H2,(H,20,22)/t14-,16-/m1/s1. The van der Waals surface area contributed by atoms with Crippen molar-refractivity contribution in [1.82, 2.24) is 9.78 Å². The number of nitrogens with one attached hydrogen (secondary N) is 1. The molecule has 0 radical (unpaired) electrons. The number of rotatable bonds is 5. The van der Waals surface area contributed by atoms with Crippen molar-refractivity contribution >= 4 is 11.6 Å². The number of carbonyl (C=O) groups is 1. The summed E-state index contributed by atoms with van der Waals surface area (Å²) in [7, 11) is 0. The molecule has 1 saturated carbocycles. The first kappa shape index (κ1) is 14.8. The molecule has 2 atom stereocenters. The number of carbonyl (C=O) groups excluding carboxylic acids is 1. The topological polar surface area (TPSA) is 72.9 Å². The van der Waals surface area contributed by atoms with E-state index in [1.54, 1.807) is 6.20 Å². The number of hydrogen-bond donors (Lipinski definition) is 2. The molecule has 0 saturated heterocycles. The van der Waals surface area contributed by atoms with Gasteiger partial charge in [-0.1, -0.05) is 36.8 Å². The quantitative estimate of drug-likeness (QED) is 0.889. The first-order valence-electron chi connectivity index (χ1n) is 7.83. The van der Waals surface area contributed by atoms with Gasteiger partial charge in [0.2, 0.25) is 5.91 Å². The number of nitrogens with two attached hydrogens (primary N) is 1. The molecule has 1 heterocycles. The van der Waals surface area contributed by atoms with Crippen LogP contribution < -0.4 is 11.1 Å². The fraction of sp³-hybridized carbons (Fsp3) is 0.412. The molecule has 1 amide bonds. The van der Waals surface area contributed by atoms with Gasteiger partial charge in [-0.15, -0.1) is 0 Å². The smallest absolute Gasteiger partial charge is 0.227 e. The fourth-order valence-electron chi connectivity index (χ4n) is 3.18. The maximum absolute atomic E-state index is 12.3. The molecule has 3 rings (SSSR count). The van der Waals surface area contributed by atoms with E-state index in [1.807, 2.05) is 29.1 Å². The number of nitrogens with zero attached hydrogens (tertiary/aromatic N) is 2. The average molecular weight is 298 g/mol. The molecular weight excluding hydrogens is 276 g/mol. The zero-order valence-electron chi connectivity index (χ0n) is 12.6. The molecule has 5 heteroatoms. The van der Waals surface area contributed by atoms with Crippen LogP contribution in [-0.2, 0) is 11.3 Å². The Morgan fingerprint density at radius 3 is 2.91 bits per heavy atom. The summed E-state index contributed by atoms with van der Waals surface area (Å²) in [6.45, 7) is 1.29. The second kappa shape index (κ2) is 6.75. The Labute approximate surface area is 130 Å². The van der Waals surface area contributed by atoms with Crippen molar-refractivity contribution < 1.29 is 4.79 Å². The van der Waals surface area contributed by atoms with E-state index in [2.05, 4.69) is 22.5 Å². The van der Waals surface area contributed by atoms with Gasteiger partial charge in [0.05, 0.1) is 18.4 Å². The summed E-state index contributed by atoms with van der Waals surface area (Å²) in [4.78, 5) is 12.3.